The summed E-state index contributed by atoms with van der Waals surface area (Å²) in [5, 5.41) is 3.21. The summed E-state index contributed by atoms with van der Waals surface area (Å²) in [6.45, 7) is 1.74. The number of amides is 2. The van der Waals surface area contributed by atoms with Crippen LogP contribution < -0.4 is 15.0 Å². The molecule has 1 fully saturated rings. The lowest BCUT2D eigenvalue weighted by molar-refractivity contribution is -0.121. The first-order valence-corrected chi connectivity index (χ1v) is 8.12. The van der Waals surface area contributed by atoms with Gasteiger partial charge in [-0.25, -0.2) is 13.7 Å². The average molecular weight is 381 g/mol. The number of rotatable bonds is 4. The van der Waals surface area contributed by atoms with E-state index in [2.05, 4.69) is 5.32 Å². The molecule has 1 N–H and O–H groups in total. The van der Waals surface area contributed by atoms with Crippen molar-refractivity contribution in [1.82, 2.24) is 0 Å². The molecule has 2 aromatic carbocycles. The molecule has 2 aromatic rings. The van der Waals surface area contributed by atoms with E-state index in [9.17, 15) is 18.4 Å². The summed E-state index contributed by atoms with van der Waals surface area (Å²) < 4.78 is 31.6. The van der Waals surface area contributed by atoms with Crippen molar-refractivity contribution >= 4 is 34.8 Å². The zero-order valence-electron chi connectivity index (χ0n) is 14.0. The topological polar surface area (TPSA) is 58.6 Å². The van der Waals surface area contributed by atoms with Crippen molar-refractivity contribution in [3.63, 3.8) is 0 Å². The van der Waals surface area contributed by atoms with Crippen molar-refractivity contribution in [3.05, 3.63) is 52.6 Å². The predicted octanol–water partition coefficient (Wildman–Crippen LogP) is 3.68. The number of benzene rings is 2. The summed E-state index contributed by atoms with van der Waals surface area (Å²) in [6.07, 6.45) is -0.122. The minimum absolute atomic E-state index is 0.122. The maximum Gasteiger partial charge on any atom is 0.256 e. The summed E-state index contributed by atoms with van der Waals surface area (Å²) in [4.78, 5) is 26.2. The van der Waals surface area contributed by atoms with E-state index in [1.54, 1.807) is 13.0 Å². The van der Waals surface area contributed by atoms with Crippen LogP contribution in [0.25, 0.3) is 0 Å². The number of imide groups is 1. The lowest BCUT2D eigenvalue weighted by Gasteiger charge is -2.19. The number of nitrogens with one attached hydrogen (secondary N) is 1. The van der Waals surface area contributed by atoms with E-state index >= 15 is 0 Å². The molecule has 1 aliphatic heterocycles. The van der Waals surface area contributed by atoms with E-state index in [1.165, 1.54) is 19.2 Å². The Hall–Kier alpha value is -2.67. The quantitative estimate of drug-likeness (QED) is 0.822. The number of methoxy groups -OCH3 is 1. The van der Waals surface area contributed by atoms with Crippen LogP contribution in [0.4, 0.5) is 20.2 Å². The van der Waals surface area contributed by atoms with Crippen LogP contribution in [0.1, 0.15) is 12.0 Å². The molecule has 1 atom stereocenters. The molecule has 26 heavy (non-hydrogen) atoms. The van der Waals surface area contributed by atoms with Gasteiger partial charge in [-0.3, -0.25) is 9.59 Å². The van der Waals surface area contributed by atoms with Gasteiger partial charge >= 0.3 is 0 Å². The predicted molar refractivity (Wildman–Crippen MR) is 93.6 cm³/mol. The van der Waals surface area contributed by atoms with E-state index in [0.717, 1.165) is 17.0 Å². The molecule has 2 amide bonds. The van der Waals surface area contributed by atoms with E-state index < -0.39 is 29.5 Å². The van der Waals surface area contributed by atoms with Crippen molar-refractivity contribution in [2.75, 3.05) is 17.3 Å². The second-order valence-electron chi connectivity index (χ2n) is 5.87. The van der Waals surface area contributed by atoms with Gasteiger partial charge in [0.05, 0.1) is 19.2 Å². The third-order valence-corrected chi connectivity index (χ3v) is 4.52. The summed E-state index contributed by atoms with van der Waals surface area (Å²) in [5.74, 6) is -2.70. The highest BCUT2D eigenvalue weighted by Crippen LogP contribution is 2.36. The van der Waals surface area contributed by atoms with E-state index in [0.29, 0.717) is 16.3 Å². The van der Waals surface area contributed by atoms with E-state index in [-0.39, 0.29) is 17.9 Å². The first kappa shape index (κ1) is 18.1. The first-order chi connectivity index (χ1) is 12.3. The van der Waals surface area contributed by atoms with Gasteiger partial charge in [0.15, 0.2) is 11.6 Å². The van der Waals surface area contributed by atoms with Crippen LogP contribution in [-0.2, 0) is 9.59 Å². The smallest absolute Gasteiger partial charge is 0.256 e. The number of halogens is 3. The highest BCUT2D eigenvalue weighted by molar-refractivity contribution is 6.32. The van der Waals surface area contributed by atoms with Crippen LogP contribution in [0.3, 0.4) is 0 Å². The Labute approximate surface area is 153 Å². The Kier molecular flexibility index (Phi) is 4.82. The molecule has 1 heterocycles. The fourth-order valence-corrected chi connectivity index (χ4v) is 2.92. The minimum atomic E-state index is -1.04. The highest BCUT2D eigenvalue weighted by Gasteiger charge is 2.41. The normalized spacial score (nSPS) is 17.0. The third kappa shape index (κ3) is 3.22. The van der Waals surface area contributed by atoms with Crippen LogP contribution in [0.5, 0.6) is 5.75 Å². The molecule has 8 heteroatoms. The molecule has 0 aliphatic carbocycles. The van der Waals surface area contributed by atoms with Crippen molar-refractivity contribution in [1.29, 1.82) is 0 Å². The maximum absolute atomic E-state index is 13.3. The van der Waals surface area contributed by atoms with Gasteiger partial charge in [0.25, 0.3) is 5.91 Å². The van der Waals surface area contributed by atoms with Crippen LogP contribution in [-0.4, -0.2) is 25.0 Å². The zero-order valence-corrected chi connectivity index (χ0v) is 14.7. The first-order valence-electron chi connectivity index (χ1n) is 7.74. The lowest BCUT2D eigenvalue weighted by atomic mass is 10.2. The summed E-state index contributed by atoms with van der Waals surface area (Å²) in [7, 11) is 1.41. The van der Waals surface area contributed by atoms with Crippen molar-refractivity contribution in [2.24, 2.45) is 0 Å². The number of ether oxygens (including phenoxy) is 1. The highest BCUT2D eigenvalue weighted by atomic mass is 35.5. The summed E-state index contributed by atoms with van der Waals surface area (Å²) in [6, 6.07) is 5.41. The van der Waals surface area contributed by atoms with Crippen molar-refractivity contribution < 1.29 is 23.1 Å². The Bertz CT molecular complexity index is 904. The van der Waals surface area contributed by atoms with Gasteiger partial charge in [-0.15, -0.1) is 0 Å². The van der Waals surface area contributed by atoms with Gasteiger partial charge in [0.1, 0.15) is 11.8 Å². The largest absolute Gasteiger partial charge is 0.495 e. The van der Waals surface area contributed by atoms with Gasteiger partial charge in [0.2, 0.25) is 5.91 Å². The molecule has 0 spiro atoms. The molecule has 3 rings (SSSR count). The Morgan fingerprint density at radius 2 is 1.92 bits per heavy atom. The maximum atomic E-state index is 13.3. The number of hydrogen-bond donors (Lipinski definition) is 1. The molecule has 0 aromatic heterocycles. The number of carbonyl (C=O) groups is 2. The van der Waals surface area contributed by atoms with Gasteiger partial charge < -0.3 is 10.1 Å². The number of hydrogen-bond acceptors (Lipinski definition) is 4. The van der Waals surface area contributed by atoms with Gasteiger partial charge in [-0.05, 0) is 30.7 Å². The number of nitrogens with zero attached hydrogens (tertiary/aromatic N) is 1. The fraction of sp³-hybridized carbons (Fsp3) is 0.222. The zero-order chi connectivity index (χ0) is 19.0. The van der Waals surface area contributed by atoms with Gasteiger partial charge in [-0.1, -0.05) is 11.6 Å². The second kappa shape index (κ2) is 6.92. The molecule has 0 radical (unpaired) electrons. The molecular formula is C18H15ClF2N2O3. The number of aryl methyl sites for hydroxylation is 1. The van der Waals surface area contributed by atoms with Crippen molar-refractivity contribution in [2.45, 2.75) is 19.4 Å². The molecule has 1 saturated heterocycles. The number of anilines is 2. The molecule has 0 saturated carbocycles. The van der Waals surface area contributed by atoms with E-state index in [4.69, 9.17) is 16.3 Å². The molecule has 5 nitrogen and oxygen atoms in total. The molecule has 0 bridgehead atoms. The van der Waals surface area contributed by atoms with Gasteiger partial charge in [0, 0.05) is 22.8 Å². The molecule has 1 aliphatic rings. The molecular weight excluding hydrogens is 366 g/mol. The summed E-state index contributed by atoms with van der Waals surface area (Å²) >= 11 is 6.06. The van der Waals surface area contributed by atoms with E-state index in [1.807, 2.05) is 0 Å². The minimum Gasteiger partial charge on any atom is -0.495 e. The molecule has 0 unspecified atom stereocenters. The third-order valence-electron chi connectivity index (χ3n) is 4.11. The van der Waals surface area contributed by atoms with Crippen molar-refractivity contribution in [3.8, 4) is 5.75 Å². The van der Waals surface area contributed by atoms with Crippen LogP contribution >= 0.6 is 11.6 Å². The SMILES string of the molecule is COc1cc(Cl)c(C)cc1N1C(=O)C[C@H](Nc2ccc(F)c(F)c2)C1=O. The number of carbonyl (C=O) groups excluding carboxylic acids is 2. The Balaban J connectivity index is 1.90. The summed E-state index contributed by atoms with van der Waals surface area (Å²) in [5.41, 5.74) is 1.18. The second-order valence-corrected chi connectivity index (χ2v) is 6.28. The fourth-order valence-electron chi connectivity index (χ4n) is 2.77. The Morgan fingerprint density at radius 3 is 2.58 bits per heavy atom. The lowest BCUT2D eigenvalue weighted by Crippen LogP contribution is -2.35. The van der Waals surface area contributed by atoms with Crippen LogP contribution in [0.2, 0.25) is 5.02 Å². The average Bonchev–Trinajstić information content (AvgIpc) is 2.87. The Morgan fingerprint density at radius 1 is 1.19 bits per heavy atom. The van der Waals surface area contributed by atoms with Gasteiger partial charge in [-0.2, -0.15) is 0 Å². The monoisotopic (exact) mass is 380 g/mol. The van der Waals surface area contributed by atoms with Crippen LogP contribution in [0.15, 0.2) is 30.3 Å². The van der Waals surface area contributed by atoms with Crippen LogP contribution in [0, 0.1) is 18.6 Å². The standard InChI is InChI=1S/C18H15ClF2N2O3/c1-9-5-15(16(26-2)7-11(9)19)23-17(24)8-14(18(23)25)22-10-3-4-12(20)13(21)6-10/h3-7,14,22H,8H2,1-2H3/t14-/m0/s1. The molecule has 136 valence electrons.